The molecule has 0 saturated heterocycles. The molecule has 3 rings (SSSR count). The van der Waals surface area contributed by atoms with Crippen LogP contribution < -0.4 is 15.4 Å². The Balaban J connectivity index is 1.59. The van der Waals surface area contributed by atoms with Gasteiger partial charge in [0.05, 0.1) is 15.8 Å². The lowest BCUT2D eigenvalue weighted by Gasteiger charge is -2.19. The van der Waals surface area contributed by atoms with Gasteiger partial charge in [0, 0.05) is 13.0 Å². The van der Waals surface area contributed by atoms with Gasteiger partial charge in [-0.15, -0.1) is 0 Å². The molecule has 0 bridgehead atoms. The van der Waals surface area contributed by atoms with E-state index in [1.807, 2.05) is 30.3 Å². The number of hydrogen-bond acceptors (Lipinski definition) is 5. The molecule has 0 spiro atoms. The van der Waals surface area contributed by atoms with E-state index in [4.69, 9.17) is 4.74 Å². The standard InChI is InChI=1S/C20H22N2O5S/c1-14(11-19(23)21-10-9-15-5-3-2-4-6-15)28(25,26)16-7-8-18-17(12-16)22-20(24)13-27-18/h2-8,12,14H,9-11,13H2,1H3,(H,21,23)(H,22,24)/t14-/m1/s1. The Morgan fingerprint density at radius 2 is 1.96 bits per heavy atom. The number of hydrogen-bond donors (Lipinski definition) is 2. The summed E-state index contributed by atoms with van der Waals surface area (Å²) in [6.45, 7) is 1.84. The summed E-state index contributed by atoms with van der Waals surface area (Å²) in [7, 11) is -3.73. The molecule has 8 heteroatoms. The van der Waals surface area contributed by atoms with E-state index in [1.165, 1.54) is 25.1 Å². The van der Waals surface area contributed by atoms with E-state index in [-0.39, 0.29) is 29.7 Å². The summed E-state index contributed by atoms with van der Waals surface area (Å²) in [5.41, 5.74) is 1.42. The lowest BCUT2D eigenvalue weighted by molar-refractivity contribution is -0.121. The topological polar surface area (TPSA) is 102 Å². The molecular weight excluding hydrogens is 380 g/mol. The quantitative estimate of drug-likeness (QED) is 0.737. The highest BCUT2D eigenvalue weighted by Crippen LogP contribution is 2.31. The maximum absolute atomic E-state index is 12.8. The molecule has 28 heavy (non-hydrogen) atoms. The Kier molecular flexibility index (Phi) is 5.99. The fourth-order valence-electron chi connectivity index (χ4n) is 2.91. The third-order valence-corrected chi connectivity index (χ3v) is 6.63. The minimum absolute atomic E-state index is 0.0432. The van der Waals surface area contributed by atoms with Crippen molar-refractivity contribution in [3.05, 3.63) is 54.1 Å². The first-order valence-electron chi connectivity index (χ1n) is 8.97. The molecule has 0 unspecified atom stereocenters. The minimum atomic E-state index is -3.73. The minimum Gasteiger partial charge on any atom is -0.482 e. The summed E-state index contributed by atoms with van der Waals surface area (Å²) >= 11 is 0. The number of carbonyl (C=O) groups excluding carboxylic acids is 2. The number of anilines is 1. The zero-order valence-electron chi connectivity index (χ0n) is 15.5. The maximum Gasteiger partial charge on any atom is 0.262 e. The molecule has 1 aliphatic heterocycles. The lowest BCUT2D eigenvalue weighted by Crippen LogP contribution is -2.31. The first-order chi connectivity index (χ1) is 13.4. The first-order valence-corrected chi connectivity index (χ1v) is 10.5. The molecule has 0 radical (unpaired) electrons. The molecule has 0 saturated carbocycles. The third kappa shape index (κ3) is 4.69. The summed E-state index contributed by atoms with van der Waals surface area (Å²) < 4.78 is 30.8. The van der Waals surface area contributed by atoms with E-state index >= 15 is 0 Å². The van der Waals surface area contributed by atoms with Crippen molar-refractivity contribution in [2.75, 3.05) is 18.5 Å². The van der Waals surface area contributed by atoms with Crippen LogP contribution in [-0.4, -0.2) is 38.6 Å². The third-order valence-electron chi connectivity index (χ3n) is 4.49. The second-order valence-corrected chi connectivity index (χ2v) is 9.01. The summed E-state index contributed by atoms with van der Waals surface area (Å²) in [4.78, 5) is 23.6. The maximum atomic E-state index is 12.8. The predicted octanol–water partition coefficient (Wildman–Crippen LogP) is 1.93. The van der Waals surface area contributed by atoms with Crippen molar-refractivity contribution in [3.8, 4) is 5.75 Å². The van der Waals surface area contributed by atoms with E-state index < -0.39 is 15.1 Å². The molecule has 2 N–H and O–H groups in total. The average Bonchev–Trinajstić information content (AvgIpc) is 2.68. The molecule has 2 aromatic carbocycles. The van der Waals surface area contributed by atoms with Crippen LogP contribution in [0.25, 0.3) is 0 Å². The van der Waals surface area contributed by atoms with Crippen LogP contribution >= 0.6 is 0 Å². The van der Waals surface area contributed by atoms with Gasteiger partial charge in [-0.25, -0.2) is 8.42 Å². The van der Waals surface area contributed by atoms with Crippen LogP contribution in [0.4, 0.5) is 5.69 Å². The molecule has 1 atom stereocenters. The van der Waals surface area contributed by atoms with Crippen LogP contribution in [0.5, 0.6) is 5.75 Å². The summed E-state index contributed by atoms with van der Waals surface area (Å²) in [6.07, 6.45) is 0.537. The molecule has 1 heterocycles. The zero-order chi connectivity index (χ0) is 20.1. The molecule has 0 fully saturated rings. The molecule has 0 aliphatic carbocycles. The number of sulfone groups is 1. The normalized spacial score (nSPS) is 14.4. The first kappa shape index (κ1) is 19.9. The van der Waals surface area contributed by atoms with Crippen molar-refractivity contribution < 1.29 is 22.7 Å². The number of benzene rings is 2. The van der Waals surface area contributed by atoms with Crippen LogP contribution in [0, 0.1) is 0 Å². The molecular formula is C20H22N2O5S. The number of fused-ring (bicyclic) bond motifs is 1. The van der Waals surface area contributed by atoms with Gasteiger partial charge in [-0.05, 0) is 37.1 Å². The fraction of sp³-hybridized carbons (Fsp3) is 0.300. The average molecular weight is 402 g/mol. The van der Waals surface area contributed by atoms with Gasteiger partial charge in [0.25, 0.3) is 5.91 Å². The number of rotatable bonds is 7. The number of carbonyl (C=O) groups is 2. The Bertz CT molecular complexity index is 973. The Hall–Kier alpha value is -2.87. The monoisotopic (exact) mass is 402 g/mol. The molecule has 0 aromatic heterocycles. The van der Waals surface area contributed by atoms with Gasteiger partial charge < -0.3 is 15.4 Å². The molecule has 1 aliphatic rings. The van der Waals surface area contributed by atoms with Crippen LogP contribution in [0.1, 0.15) is 18.9 Å². The van der Waals surface area contributed by atoms with Gasteiger partial charge in [-0.1, -0.05) is 30.3 Å². The van der Waals surface area contributed by atoms with Crippen LogP contribution in [0.3, 0.4) is 0 Å². The number of nitrogens with one attached hydrogen (secondary N) is 2. The second-order valence-electron chi connectivity index (χ2n) is 6.64. The Morgan fingerprint density at radius 1 is 1.21 bits per heavy atom. The SMILES string of the molecule is C[C@H](CC(=O)NCCc1ccccc1)S(=O)(=O)c1ccc2c(c1)NC(=O)CO2. The number of ether oxygens (including phenoxy) is 1. The van der Waals surface area contributed by atoms with Gasteiger partial charge in [-0.2, -0.15) is 0 Å². The highest BCUT2D eigenvalue weighted by atomic mass is 32.2. The molecule has 7 nitrogen and oxygen atoms in total. The van der Waals surface area contributed by atoms with E-state index in [1.54, 1.807) is 0 Å². The van der Waals surface area contributed by atoms with Gasteiger partial charge in [0.2, 0.25) is 5.91 Å². The van der Waals surface area contributed by atoms with Gasteiger partial charge in [-0.3, -0.25) is 9.59 Å². The van der Waals surface area contributed by atoms with E-state index in [2.05, 4.69) is 10.6 Å². The van der Waals surface area contributed by atoms with Crippen molar-refractivity contribution in [3.63, 3.8) is 0 Å². The van der Waals surface area contributed by atoms with E-state index in [9.17, 15) is 18.0 Å². The van der Waals surface area contributed by atoms with Gasteiger partial charge >= 0.3 is 0 Å². The molecule has 2 aromatic rings. The van der Waals surface area contributed by atoms with Crippen LogP contribution in [0.15, 0.2) is 53.4 Å². The van der Waals surface area contributed by atoms with Crippen molar-refractivity contribution >= 4 is 27.3 Å². The van der Waals surface area contributed by atoms with Gasteiger partial charge in [0.1, 0.15) is 5.75 Å². The summed E-state index contributed by atoms with van der Waals surface area (Å²) in [5.74, 6) is -0.237. The summed E-state index contributed by atoms with van der Waals surface area (Å²) in [5, 5.41) is 4.45. The highest BCUT2D eigenvalue weighted by Gasteiger charge is 2.27. The predicted molar refractivity (Wildman–Crippen MR) is 105 cm³/mol. The van der Waals surface area contributed by atoms with E-state index in [0.717, 1.165) is 5.56 Å². The van der Waals surface area contributed by atoms with Crippen LogP contribution in [0.2, 0.25) is 0 Å². The molecule has 148 valence electrons. The summed E-state index contributed by atoms with van der Waals surface area (Å²) in [6, 6.07) is 14.0. The lowest BCUT2D eigenvalue weighted by atomic mass is 10.1. The van der Waals surface area contributed by atoms with E-state index in [0.29, 0.717) is 24.4 Å². The van der Waals surface area contributed by atoms with Crippen molar-refractivity contribution in [1.29, 1.82) is 0 Å². The largest absolute Gasteiger partial charge is 0.482 e. The van der Waals surface area contributed by atoms with Gasteiger partial charge in [0.15, 0.2) is 16.4 Å². The fourth-order valence-corrected chi connectivity index (χ4v) is 4.28. The van der Waals surface area contributed by atoms with Crippen LogP contribution in [-0.2, 0) is 25.8 Å². The number of amides is 2. The second kappa shape index (κ2) is 8.43. The zero-order valence-corrected chi connectivity index (χ0v) is 16.3. The Morgan fingerprint density at radius 3 is 2.71 bits per heavy atom. The smallest absolute Gasteiger partial charge is 0.262 e. The van der Waals surface area contributed by atoms with Crippen molar-refractivity contribution in [2.24, 2.45) is 0 Å². The molecule has 2 amide bonds. The van der Waals surface area contributed by atoms with Crippen molar-refractivity contribution in [1.82, 2.24) is 5.32 Å². The van der Waals surface area contributed by atoms with Crippen molar-refractivity contribution in [2.45, 2.75) is 29.9 Å². The Labute approximate surface area is 164 Å². The highest BCUT2D eigenvalue weighted by molar-refractivity contribution is 7.92.